The normalized spacial score (nSPS) is 11.1. The Morgan fingerprint density at radius 3 is 2.55 bits per heavy atom. The number of carbonyl (C=O) groups is 2. The zero-order valence-corrected chi connectivity index (χ0v) is 14.3. The highest BCUT2D eigenvalue weighted by atomic mass is 32.2. The largest absolute Gasteiger partial charge is 0.496 e. The third-order valence-corrected chi connectivity index (χ3v) is 4.16. The molecule has 22 heavy (non-hydrogen) atoms. The first-order valence-electron chi connectivity index (χ1n) is 7.04. The second-order valence-electron chi connectivity index (χ2n) is 5.83. The smallest absolute Gasteiger partial charge is 0.335 e. The number of carboxylic acids is 1. The predicted molar refractivity (Wildman–Crippen MR) is 88.9 cm³/mol. The second kappa shape index (κ2) is 8.08. The number of amides is 1. The molecule has 1 rings (SSSR count). The molecule has 0 heterocycles. The molecule has 0 unspecified atom stereocenters. The molecule has 0 atom stereocenters. The van der Waals surface area contributed by atoms with Crippen molar-refractivity contribution >= 4 is 23.6 Å². The van der Waals surface area contributed by atoms with Crippen LogP contribution in [0.2, 0.25) is 0 Å². The van der Waals surface area contributed by atoms with Crippen molar-refractivity contribution in [2.45, 2.75) is 31.9 Å². The van der Waals surface area contributed by atoms with Gasteiger partial charge in [-0.1, -0.05) is 26.8 Å². The third kappa shape index (κ3) is 6.39. The molecule has 5 nitrogen and oxygen atoms in total. The van der Waals surface area contributed by atoms with E-state index in [1.165, 1.54) is 19.2 Å². The van der Waals surface area contributed by atoms with Crippen LogP contribution in [0.5, 0.6) is 5.75 Å². The van der Waals surface area contributed by atoms with Crippen LogP contribution in [-0.2, 0) is 11.2 Å². The average molecular weight is 325 g/mol. The molecule has 0 spiro atoms. The highest BCUT2D eigenvalue weighted by Crippen LogP contribution is 2.23. The lowest BCUT2D eigenvalue weighted by molar-refractivity contribution is -0.118. The number of methoxy groups -OCH3 is 1. The summed E-state index contributed by atoms with van der Waals surface area (Å²) in [5, 5.41) is 11.8. The number of hydrogen-bond donors (Lipinski definition) is 2. The van der Waals surface area contributed by atoms with Crippen LogP contribution in [-0.4, -0.2) is 41.1 Å². The first-order valence-corrected chi connectivity index (χ1v) is 8.02. The fraction of sp³-hybridized carbons (Fsp3) is 0.500. The molecule has 1 amide bonds. The van der Waals surface area contributed by atoms with Crippen LogP contribution in [0.3, 0.4) is 0 Å². The average Bonchev–Trinajstić information content (AvgIpc) is 2.44. The summed E-state index contributed by atoms with van der Waals surface area (Å²) in [6.07, 6.45) is 0.592. The summed E-state index contributed by atoms with van der Waals surface area (Å²) in [7, 11) is 1.50. The lowest BCUT2D eigenvalue weighted by Gasteiger charge is -2.17. The maximum Gasteiger partial charge on any atom is 0.335 e. The van der Waals surface area contributed by atoms with Crippen molar-refractivity contribution in [3.63, 3.8) is 0 Å². The quantitative estimate of drug-likeness (QED) is 0.806. The van der Waals surface area contributed by atoms with Gasteiger partial charge in [-0.2, -0.15) is 0 Å². The van der Waals surface area contributed by atoms with Crippen LogP contribution in [0.25, 0.3) is 0 Å². The van der Waals surface area contributed by atoms with E-state index in [0.29, 0.717) is 24.5 Å². The number of hydrogen-bond acceptors (Lipinski definition) is 4. The molecular formula is C16H23NO4S. The lowest BCUT2D eigenvalue weighted by atomic mass is 10.1. The van der Waals surface area contributed by atoms with Gasteiger partial charge in [0.1, 0.15) is 5.75 Å². The van der Waals surface area contributed by atoms with Gasteiger partial charge in [0.15, 0.2) is 0 Å². The maximum atomic E-state index is 11.7. The van der Waals surface area contributed by atoms with Gasteiger partial charge in [-0.3, -0.25) is 4.79 Å². The molecule has 6 heteroatoms. The van der Waals surface area contributed by atoms with E-state index in [2.05, 4.69) is 26.1 Å². The molecule has 0 aliphatic rings. The van der Waals surface area contributed by atoms with E-state index in [1.54, 1.807) is 17.8 Å². The van der Waals surface area contributed by atoms with Gasteiger partial charge in [0.25, 0.3) is 0 Å². The molecule has 0 radical (unpaired) electrons. The topological polar surface area (TPSA) is 75.6 Å². The Morgan fingerprint density at radius 1 is 1.32 bits per heavy atom. The standard InChI is InChI=1S/C16H23NO4S/c1-16(2,3)22-10-14(18)17-8-7-11-5-6-12(15(19)20)9-13(11)21-4/h5-6,9H,7-8,10H2,1-4H3,(H,17,18)(H,19,20). The van der Waals surface area contributed by atoms with Crippen LogP contribution in [0.4, 0.5) is 0 Å². The van der Waals surface area contributed by atoms with Crippen LogP contribution in [0.1, 0.15) is 36.7 Å². The van der Waals surface area contributed by atoms with E-state index >= 15 is 0 Å². The summed E-state index contributed by atoms with van der Waals surface area (Å²) >= 11 is 1.60. The van der Waals surface area contributed by atoms with Gasteiger partial charge < -0.3 is 15.2 Å². The molecule has 1 aromatic rings. The molecule has 0 aliphatic carbocycles. The van der Waals surface area contributed by atoms with Crippen molar-refractivity contribution < 1.29 is 19.4 Å². The Morgan fingerprint density at radius 2 is 2.00 bits per heavy atom. The summed E-state index contributed by atoms with van der Waals surface area (Å²) in [4.78, 5) is 22.7. The Labute approximate surface area is 135 Å². The van der Waals surface area contributed by atoms with Crippen molar-refractivity contribution in [1.29, 1.82) is 0 Å². The molecular weight excluding hydrogens is 302 g/mol. The van der Waals surface area contributed by atoms with E-state index in [-0.39, 0.29) is 16.2 Å². The molecule has 2 N–H and O–H groups in total. The van der Waals surface area contributed by atoms with Crippen molar-refractivity contribution in [3.05, 3.63) is 29.3 Å². The number of aromatic carboxylic acids is 1. The number of nitrogens with one attached hydrogen (secondary N) is 1. The zero-order chi connectivity index (χ0) is 16.8. The minimum Gasteiger partial charge on any atom is -0.496 e. The highest BCUT2D eigenvalue weighted by molar-refractivity contribution is 8.01. The van der Waals surface area contributed by atoms with Crippen molar-refractivity contribution in [2.24, 2.45) is 0 Å². The Bertz CT molecular complexity index is 537. The third-order valence-electron chi connectivity index (χ3n) is 2.89. The minimum atomic E-state index is -0.989. The Hall–Kier alpha value is -1.69. The summed E-state index contributed by atoms with van der Waals surface area (Å²) < 4.78 is 5.27. The van der Waals surface area contributed by atoms with Crippen LogP contribution < -0.4 is 10.1 Å². The molecule has 0 fully saturated rings. The highest BCUT2D eigenvalue weighted by Gasteiger charge is 2.13. The first kappa shape index (κ1) is 18.4. The zero-order valence-electron chi connectivity index (χ0n) is 13.4. The molecule has 122 valence electrons. The summed E-state index contributed by atoms with van der Waals surface area (Å²) in [6, 6.07) is 4.75. The molecule has 0 saturated carbocycles. The number of benzene rings is 1. The minimum absolute atomic E-state index is 0.000970. The lowest BCUT2D eigenvalue weighted by Crippen LogP contribution is -2.29. The number of rotatable bonds is 7. The fourth-order valence-corrected chi connectivity index (χ4v) is 2.42. The van der Waals surface area contributed by atoms with E-state index < -0.39 is 5.97 Å². The van der Waals surface area contributed by atoms with Gasteiger partial charge in [-0.25, -0.2) is 4.79 Å². The van der Waals surface area contributed by atoms with Gasteiger partial charge in [0, 0.05) is 11.3 Å². The van der Waals surface area contributed by atoms with Gasteiger partial charge >= 0.3 is 5.97 Å². The number of ether oxygens (including phenoxy) is 1. The predicted octanol–water partition coefficient (Wildman–Crippen LogP) is 2.58. The van der Waals surface area contributed by atoms with E-state index in [1.807, 2.05) is 0 Å². The Balaban J connectivity index is 2.51. The van der Waals surface area contributed by atoms with E-state index in [9.17, 15) is 9.59 Å². The molecule has 0 saturated heterocycles. The van der Waals surface area contributed by atoms with E-state index in [4.69, 9.17) is 9.84 Å². The second-order valence-corrected chi connectivity index (χ2v) is 7.63. The van der Waals surface area contributed by atoms with Crippen molar-refractivity contribution in [3.8, 4) is 5.75 Å². The monoisotopic (exact) mass is 325 g/mol. The van der Waals surface area contributed by atoms with Crippen LogP contribution in [0, 0.1) is 0 Å². The maximum absolute atomic E-state index is 11.7. The number of carboxylic acid groups (broad SMARTS) is 1. The SMILES string of the molecule is COc1cc(C(=O)O)ccc1CCNC(=O)CSC(C)(C)C. The molecule has 0 aliphatic heterocycles. The molecule has 0 aromatic heterocycles. The summed E-state index contributed by atoms with van der Waals surface area (Å²) in [6.45, 7) is 6.70. The van der Waals surface area contributed by atoms with Crippen molar-refractivity contribution in [2.75, 3.05) is 19.4 Å². The van der Waals surface area contributed by atoms with Gasteiger partial charge in [0.05, 0.1) is 18.4 Å². The van der Waals surface area contributed by atoms with E-state index in [0.717, 1.165) is 5.56 Å². The fourth-order valence-electron chi connectivity index (χ4n) is 1.75. The van der Waals surface area contributed by atoms with Gasteiger partial charge in [-0.15, -0.1) is 11.8 Å². The molecule has 1 aromatic carbocycles. The van der Waals surface area contributed by atoms with Gasteiger partial charge in [-0.05, 0) is 24.1 Å². The van der Waals surface area contributed by atoms with Gasteiger partial charge in [0.2, 0.25) is 5.91 Å². The first-order chi connectivity index (χ1) is 10.2. The van der Waals surface area contributed by atoms with Crippen LogP contribution in [0.15, 0.2) is 18.2 Å². The summed E-state index contributed by atoms with van der Waals surface area (Å²) in [5.41, 5.74) is 1.06. The number of thioether (sulfide) groups is 1. The number of carbonyl (C=O) groups excluding carboxylic acids is 1. The van der Waals surface area contributed by atoms with Crippen molar-refractivity contribution in [1.82, 2.24) is 5.32 Å². The molecule has 0 bridgehead atoms. The summed E-state index contributed by atoms with van der Waals surface area (Å²) in [5.74, 6) is -0.0323. The van der Waals surface area contributed by atoms with Crippen LogP contribution >= 0.6 is 11.8 Å². The Kier molecular flexibility index (Phi) is 6.74.